The number of carbonyl (C=O) groups excluding carboxylic acids is 2. The third kappa shape index (κ3) is 2.12. The van der Waals surface area contributed by atoms with Crippen LogP contribution >= 0.6 is 11.6 Å². The second kappa shape index (κ2) is 3.68. The fourth-order valence-corrected chi connectivity index (χ4v) is 1.56. The smallest absolute Gasteiger partial charge is 0.267 e. The van der Waals surface area contributed by atoms with Crippen molar-refractivity contribution in [2.24, 2.45) is 5.73 Å². The third-order valence-corrected chi connectivity index (χ3v) is 2.26. The number of nitrogens with zero attached hydrogens (tertiary/aromatic N) is 1. The van der Waals surface area contributed by atoms with Gasteiger partial charge in [-0.1, -0.05) is 0 Å². The van der Waals surface area contributed by atoms with Gasteiger partial charge in [0.1, 0.15) is 11.9 Å². The molecule has 0 aromatic carbocycles. The molecular weight excluding hydrogens is 218 g/mol. The van der Waals surface area contributed by atoms with Crippen LogP contribution in [0.15, 0.2) is 0 Å². The van der Waals surface area contributed by atoms with Crippen LogP contribution in [0.1, 0.15) is 6.42 Å². The van der Waals surface area contributed by atoms with Gasteiger partial charge in [0, 0.05) is 6.42 Å². The summed E-state index contributed by atoms with van der Waals surface area (Å²) in [7, 11) is 0. The Hall–Kier alpha value is -0.910. The molecule has 0 radical (unpaired) electrons. The monoisotopic (exact) mass is 226 g/mol. The second-order valence-corrected chi connectivity index (χ2v) is 3.40. The number of nitrogens with two attached hydrogens (primary N) is 1. The molecule has 0 aromatic heterocycles. The lowest BCUT2D eigenvalue weighted by atomic mass is 10.2. The molecule has 0 aromatic rings. The van der Waals surface area contributed by atoms with Crippen LogP contribution < -0.4 is 5.73 Å². The molecule has 0 saturated carbocycles. The van der Waals surface area contributed by atoms with Crippen LogP contribution in [0.4, 0.5) is 8.78 Å². The molecule has 1 saturated heterocycles. The largest absolute Gasteiger partial charge is 0.368 e. The van der Waals surface area contributed by atoms with Crippen LogP contribution in [0.3, 0.4) is 0 Å². The van der Waals surface area contributed by atoms with Crippen molar-refractivity contribution in [3.05, 3.63) is 0 Å². The molecule has 1 rings (SSSR count). The zero-order valence-electron chi connectivity index (χ0n) is 7.17. The van der Waals surface area contributed by atoms with E-state index >= 15 is 0 Å². The summed E-state index contributed by atoms with van der Waals surface area (Å²) in [6, 6.07) is -1.24. The van der Waals surface area contributed by atoms with E-state index in [1.807, 2.05) is 0 Å². The van der Waals surface area contributed by atoms with E-state index in [4.69, 9.17) is 17.3 Å². The van der Waals surface area contributed by atoms with E-state index in [1.54, 1.807) is 0 Å². The van der Waals surface area contributed by atoms with Gasteiger partial charge in [0.15, 0.2) is 0 Å². The van der Waals surface area contributed by atoms with Gasteiger partial charge in [0.05, 0.1) is 6.54 Å². The van der Waals surface area contributed by atoms with Crippen molar-refractivity contribution in [1.82, 2.24) is 4.90 Å². The SMILES string of the molecule is NC(=O)C1CC(F)(F)CN1C(=O)CCl. The highest BCUT2D eigenvalue weighted by Crippen LogP contribution is 2.31. The highest BCUT2D eigenvalue weighted by atomic mass is 35.5. The topological polar surface area (TPSA) is 63.4 Å². The number of hydrogen-bond donors (Lipinski definition) is 1. The van der Waals surface area contributed by atoms with Crippen molar-refractivity contribution >= 4 is 23.4 Å². The Morgan fingerprint density at radius 1 is 1.57 bits per heavy atom. The van der Waals surface area contributed by atoms with Crippen LogP contribution in [0, 0.1) is 0 Å². The fraction of sp³-hybridized carbons (Fsp3) is 0.714. The number of halogens is 3. The number of alkyl halides is 3. The molecular formula is C7H9ClF2N2O2. The molecule has 7 heteroatoms. The first-order valence-electron chi connectivity index (χ1n) is 3.90. The van der Waals surface area contributed by atoms with Crippen LogP contribution in [-0.4, -0.2) is 41.1 Å². The number of likely N-dealkylation sites (tertiary alicyclic amines) is 1. The Morgan fingerprint density at radius 2 is 2.14 bits per heavy atom. The molecule has 1 atom stereocenters. The summed E-state index contributed by atoms with van der Waals surface area (Å²) in [4.78, 5) is 22.6. The summed E-state index contributed by atoms with van der Waals surface area (Å²) in [5, 5.41) is 0. The molecule has 1 unspecified atom stereocenters. The van der Waals surface area contributed by atoms with E-state index in [2.05, 4.69) is 0 Å². The molecule has 4 nitrogen and oxygen atoms in total. The standard InChI is InChI=1S/C7H9ClF2N2O2/c8-2-5(13)12-3-7(9,10)1-4(12)6(11)14/h4H,1-3H2,(H2,11,14). The maximum absolute atomic E-state index is 12.9. The first-order valence-corrected chi connectivity index (χ1v) is 4.43. The molecule has 2 amide bonds. The number of amides is 2. The fourth-order valence-electron chi connectivity index (χ4n) is 1.41. The van der Waals surface area contributed by atoms with E-state index in [1.165, 1.54) is 0 Å². The third-order valence-electron chi connectivity index (χ3n) is 2.03. The summed E-state index contributed by atoms with van der Waals surface area (Å²) < 4.78 is 25.7. The Labute approximate surface area is 84.0 Å². The maximum Gasteiger partial charge on any atom is 0.267 e. The van der Waals surface area contributed by atoms with Crippen LogP contribution in [-0.2, 0) is 9.59 Å². The molecule has 2 N–H and O–H groups in total. The lowest BCUT2D eigenvalue weighted by Crippen LogP contribution is -2.44. The highest BCUT2D eigenvalue weighted by Gasteiger charge is 2.48. The number of rotatable bonds is 2. The highest BCUT2D eigenvalue weighted by molar-refractivity contribution is 6.27. The van der Waals surface area contributed by atoms with Crippen LogP contribution in [0.5, 0.6) is 0 Å². The van der Waals surface area contributed by atoms with Gasteiger partial charge >= 0.3 is 0 Å². The molecule has 0 aliphatic carbocycles. The zero-order chi connectivity index (χ0) is 10.9. The summed E-state index contributed by atoms with van der Waals surface area (Å²) >= 11 is 5.21. The average molecular weight is 227 g/mol. The zero-order valence-corrected chi connectivity index (χ0v) is 7.93. The first-order chi connectivity index (χ1) is 6.37. The van der Waals surface area contributed by atoms with Crippen molar-refractivity contribution in [2.45, 2.75) is 18.4 Å². The van der Waals surface area contributed by atoms with E-state index in [0.717, 1.165) is 4.90 Å². The summed E-state index contributed by atoms with van der Waals surface area (Å²) in [5.74, 6) is -5.12. The van der Waals surface area contributed by atoms with Crippen molar-refractivity contribution < 1.29 is 18.4 Å². The van der Waals surface area contributed by atoms with Gasteiger partial charge in [-0.3, -0.25) is 9.59 Å². The van der Waals surface area contributed by atoms with E-state index in [0.29, 0.717) is 0 Å². The van der Waals surface area contributed by atoms with Gasteiger partial charge in [-0.05, 0) is 0 Å². The molecule has 14 heavy (non-hydrogen) atoms. The quantitative estimate of drug-likeness (QED) is 0.671. The Balaban J connectivity index is 2.83. The van der Waals surface area contributed by atoms with Gasteiger partial charge in [-0.25, -0.2) is 8.78 Å². The minimum atomic E-state index is -3.05. The van der Waals surface area contributed by atoms with Gasteiger partial charge < -0.3 is 10.6 Å². The van der Waals surface area contributed by atoms with Crippen molar-refractivity contribution in [1.29, 1.82) is 0 Å². The molecule has 1 heterocycles. The maximum atomic E-state index is 12.9. The minimum Gasteiger partial charge on any atom is -0.368 e. The van der Waals surface area contributed by atoms with Gasteiger partial charge in [-0.15, -0.1) is 11.6 Å². The van der Waals surface area contributed by atoms with Gasteiger partial charge in [0.25, 0.3) is 5.92 Å². The molecule has 0 spiro atoms. The lowest BCUT2D eigenvalue weighted by Gasteiger charge is -2.19. The number of primary amides is 1. The predicted molar refractivity (Wildman–Crippen MR) is 45.0 cm³/mol. The summed E-state index contributed by atoms with van der Waals surface area (Å²) in [5.41, 5.74) is 4.89. The predicted octanol–water partition coefficient (Wildman–Crippen LogP) is -0.0533. The molecule has 1 aliphatic rings. The Bertz CT molecular complexity index is 272. The molecule has 80 valence electrons. The summed E-state index contributed by atoms with van der Waals surface area (Å²) in [6.07, 6.45) is -0.717. The van der Waals surface area contributed by atoms with E-state index in [-0.39, 0.29) is 0 Å². The molecule has 1 aliphatic heterocycles. The lowest BCUT2D eigenvalue weighted by molar-refractivity contribution is -0.135. The number of carbonyl (C=O) groups is 2. The first kappa shape index (κ1) is 11.2. The summed E-state index contributed by atoms with van der Waals surface area (Å²) in [6.45, 7) is -0.786. The second-order valence-electron chi connectivity index (χ2n) is 3.13. The van der Waals surface area contributed by atoms with Crippen molar-refractivity contribution in [2.75, 3.05) is 12.4 Å². The normalized spacial score (nSPS) is 25.1. The van der Waals surface area contributed by atoms with Gasteiger partial charge in [-0.2, -0.15) is 0 Å². The Kier molecular flexibility index (Phi) is 2.94. The number of hydrogen-bond acceptors (Lipinski definition) is 2. The van der Waals surface area contributed by atoms with E-state index in [9.17, 15) is 18.4 Å². The van der Waals surface area contributed by atoms with Gasteiger partial charge in [0.2, 0.25) is 11.8 Å². The molecule has 1 fully saturated rings. The van der Waals surface area contributed by atoms with Crippen molar-refractivity contribution in [3.63, 3.8) is 0 Å². The minimum absolute atomic E-state index is 0.431. The molecule has 0 bridgehead atoms. The van der Waals surface area contributed by atoms with E-state index < -0.39 is 42.6 Å². The van der Waals surface area contributed by atoms with Crippen molar-refractivity contribution in [3.8, 4) is 0 Å². The van der Waals surface area contributed by atoms with Crippen LogP contribution in [0.25, 0.3) is 0 Å². The van der Waals surface area contributed by atoms with Crippen LogP contribution in [0.2, 0.25) is 0 Å². The average Bonchev–Trinajstić information content (AvgIpc) is 2.40. The Morgan fingerprint density at radius 3 is 2.57 bits per heavy atom.